The number of rotatable bonds is 6. The van der Waals surface area contributed by atoms with Crippen molar-refractivity contribution >= 4 is 38.3 Å². The Balaban J connectivity index is 1.66. The second-order valence-corrected chi connectivity index (χ2v) is 13.2. The molecule has 1 aliphatic heterocycles. The molecule has 0 atom stereocenters. The molecular weight excluding hydrogens is 401 g/mol. The van der Waals surface area contributed by atoms with Crippen molar-refractivity contribution in [2.75, 3.05) is 3.71 Å². The lowest BCUT2D eigenvalue weighted by atomic mass is 9.79. The molecule has 0 N–H and O–H groups in total. The quantitative estimate of drug-likeness (QED) is 0.643. The summed E-state index contributed by atoms with van der Waals surface area (Å²) >= 11 is 0. The van der Waals surface area contributed by atoms with Crippen LogP contribution in [0.4, 0.5) is 5.69 Å². The van der Waals surface area contributed by atoms with Crippen molar-refractivity contribution in [1.29, 1.82) is 0 Å². The van der Waals surface area contributed by atoms with Crippen LogP contribution >= 0.6 is 0 Å². The fourth-order valence-corrected chi connectivity index (χ4v) is 7.90. The Hall–Kier alpha value is -1.10. The highest BCUT2D eigenvalue weighted by molar-refractivity contribution is 8.11. The summed E-state index contributed by atoms with van der Waals surface area (Å²) in [6.07, 6.45) is 2.02. The van der Waals surface area contributed by atoms with Crippen molar-refractivity contribution in [2.45, 2.75) is 75.1 Å². The molecule has 1 aromatic rings. The van der Waals surface area contributed by atoms with Crippen LogP contribution in [-0.4, -0.2) is 45.7 Å². The number of nitrogens with zero attached hydrogens (tertiary/aromatic N) is 1. The molecule has 0 unspecified atom stereocenters. The lowest BCUT2D eigenvalue weighted by Crippen LogP contribution is -2.41. The first kappa shape index (κ1) is 20.2. The van der Waals surface area contributed by atoms with Gasteiger partial charge in [-0.15, -0.1) is 0 Å². The topological polar surface area (TPSA) is 90.0 Å². The van der Waals surface area contributed by atoms with Gasteiger partial charge in [-0.25, -0.2) is 16.8 Å². The smallest absolute Gasteiger partial charge is 0.399 e. The molecule has 3 fully saturated rings. The molecule has 3 aliphatic rings. The first-order valence-corrected chi connectivity index (χ1v) is 12.6. The summed E-state index contributed by atoms with van der Waals surface area (Å²) in [6, 6.07) is 6.41. The van der Waals surface area contributed by atoms with Crippen LogP contribution in [0.5, 0.6) is 0 Å². The minimum atomic E-state index is -3.93. The molecule has 0 radical (unpaired) electrons. The van der Waals surface area contributed by atoms with Crippen LogP contribution in [0.25, 0.3) is 0 Å². The lowest BCUT2D eigenvalue weighted by molar-refractivity contribution is 0.00578. The Bertz CT molecular complexity index is 921. The monoisotopic (exact) mass is 427 g/mol. The normalized spacial score (nSPS) is 24.4. The molecule has 0 spiro atoms. The maximum absolute atomic E-state index is 12.9. The van der Waals surface area contributed by atoms with Crippen molar-refractivity contribution in [3.05, 3.63) is 24.3 Å². The maximum atomic E-state index is 12.9. The third-order valence-electron chi connectivity index (χ3n) is 5.98. The third-order valence-corrected chi connectivity index (χ3v) is 11.2. The summed E-state index contributed by atoms with van der Waals surface area (Å²) in [5.74, 6) is 0. The number of sulfonamides is 2. The van der Waals surface area contributed by atoms with Crippen LogP contribution in [0.1, 0.15) is 53.4 Å². The number of benzene rings is 1. The standard InChI is InChI=1S/C18H26BNO6S2/c1-17(2)18(3,4)26-19(25-17)13-5-7-14(8-6-13)20(27(21,22)15-9-10-15)28(23,24)16-11-12-16/h5-8,15-16H,9-12H2,1-4H3. The Morgan fingerprint density at radius 3 is 1.57 bits per heavy atom. The minimum Gasteiger partial charge on any atom is -0.399 e. The second kappa shape index (κ2) is 6.20. The van der Waals surface area contributed by atoms with E-state index < -0.39 is 48.9 Å². The van der Waals surface area contributed by atoms with E-state index in [1.165, 1.54) is 12.1 Å². The van der Waals surface area contributed by atoms with Crippen LogP contribution in [0, 0.1) is 0 Å². The van der Waals surface area contributed by atoms with Gasteiger partial charge in [-0.2, -0.15) is 3.71 Å². The summed E-state index contributed by atoms with van der Waals surface area (Å²) < 4.78 is 64.2. The highest BCUT2D eigenvalue weighted by atomic mass is 32.3. The highest BCUT2D eigenvalue weighted by Gasteiger charge is 2.52. The van der Waals surface area contributed by atoms with Gasteiger partial charge in [-0.3, -0.25) is 0 Å². The SMILES string of the molecule is CC1(C)OB(c2ccc(N(S(=O)(=O)C3CC3)S(=O)(=O)C3CC3)cc2)OC1(C)C. The summed E-state index contributed by atoms with van der Waals surface area (Å²) in [6.45, 7) is 7.81. The van der Waals surface area contributed by atoms with Crippen molar-refractivity contribution in [1.82, 2.24) is 0 Å². The van der Waals surface area contributed by atoms with Crippen LogP contribution in [-0.2, 0) is 29.4 Å². The number of hydrogen-bond acceptors (Lipinski definition) is 6. The number of anilines is 1. The summed E-state index contributed by atoms with van der Waals surface area (Å²) in [7, 11) is -8.45. The van der Waals surface area contributed by atoms with Gasteiger partial charge in [-0.05, 0) is 71.0 Å². The zero-order chi connectivity index (χ0) is 20.5. The highest BCUT2D eigenvalue weighted by Crippen LogP contribution is 2.41. The molecule has 1 saturated heterocycles. The summed E-state index contributed by atoms with van der Waals surface area (Å²) in [5.41, 5.74) is -0.117. The van der Waals surface area contributed by atoms with Gasteiger partial charge in [-0.1, -0.05) is 12.1 Å². The molecule has 4 rings (SSSR count). The van der Waals surface area contributed by atoms with Gasteiger partial charge in [0.2, 0.25) is 0 Å². The Labute approximate surface area is 167 Å². The Morgan fingerprint density at radius 1 is 0.821 bits per heavy atom. The number of hydrogen-bond donors (Lipinski definition) is 0. The first-order valence-electron chi connectivity index (χ1n) is 9.60. The third kappa shape index (κ3) is 3.28. The molecule has 1 heterocycles. The lowest BCUT2D eigenvalue weighted by Gasteiger charge is -2.32. The molecule has 2 aliphatic carbocycles. The van der Waals surface area contributed by atoms with E-state index in [1.54, 1.807) is 12.1 Å². The fourth-order valence-electron chi connectivity index (χ4n) is 3.17. The first-order chi connectivity index (χ1) is 12.9. The predicted molar refractivity (Wildman–Crippen MR) is 109 cm³/mol. The molecule has 0 amide bonds. The second-order valence-electron chi connectivity index (χ2n) is 8.87. The van der Waals surface area contributed by atoms with Gasteiger partial charge < -0.3 is 9.31 Å². The molecule has 1 aromatic carbocycles. The zero-order valence-electron chi connectivity index (χ0n) is 16.6. The molecule has 7 nitrogen and oxygen atoms in total. The Morgan fingerprint density at radius 2 is 1.21 bits per heavy atom. The van der Waals surface area contributed by atoms with E-state index in [0.717, 1.165) is 5.46 Å². The van der Waals surface area contributed by atoms with Crippen molar-refractivity contribution in [3.63, 3.8) is 0 Å². The van der Waals surface area contributed by atoms with Crippen LogP contribution in [0.2, 0.25) is 0 Å². The van der Waals surface area contributed by atoms with Crippen LogP contribution in [0.3, 0.4) is 0 Å². The molecule has 10 heteroatoms. The average Bonchev–Trinajstić information content (AvgIpc) is 3.46. The fraction of sp³-hybridized carbons (Fsp3) is 0.667. The van der Waals surface area contributed by atoms with Gasteiger partial charge >= 0.3 is 7.12 Å². The van der Waals surface area contributed by atoms with E-state index in [2.05, 4.69) is 0 Å². The van der Waals surface area contributed by atoms with E-state index in [-0.39, 0.29) is 5.69 Å². The largest absolute Gasteiger partial charge is 0.494 e. The van der Waals surface area contributed by atoms with Crippen LogP contribution in [0.15, 0.2) is 24.3 Å². The van der Waals surface area contributed by atoms with E-state index >= 15 is 0 Å². The van der Waals surface area contributed by atoms with E-state index in [1.807, 2.05) is 27.7 Å². The van der Waals surface area contributed by atoms with Crippen molar-refractivity contribution in [3.8, 4) is 0 Å². The zero-order valence-corrected chi connectivity index (χ0v) is 18.2. The van der Waals surface area contributed by atoms with Gasteiger partial charge in [0.05, 0.1) is 27.4 Å². The average molecular weight is 427 g/mol. The van der Waals surface area contributed by atoms with Gasteiger partial charge in [0.25, 0.3) is 20.0 Å². The molecule has 0 bridgehead atoms. The van der Waals surface area contributed by atoms with Gasteiger partial charge in [0.1, 0.15) is 0 Å². The predicted octanol–water partition coefficient (Wildman–Crippen LogP) is 1.78. The molecule has 2 saturated carbocycles. The molecular formula is C18H26BNO6S2. The molecule has 28 heavy (non-hydrogen) atoms. The summed E-state index contributed by atoms with van der Waals surface area (Å²) in [4.78, 5) is 0. The van der Waals surface area contributed by atoms with E-state index in [4.69, 9.17) is 9.31 Å². The molecule has 0 aromatic heterocycles. The van der Waals surface area contributed by atoms with Crippen LogP contribution < -0.4 is 9.17 Å². The summed E-state index contributed by atoms with van der Waals surface area (Å²) in [5, 5.41) is -1.22. The van der Waals surface area contributed by atoms with Crippen molar-refractivity contribution < 1.29 is 26.1 Å². The minimum absolute atomic E-state index is 0.152. The van der Waals surface area contributed by atoms with E-state index in [9.17, 15) is 16.8 Å². The molecule has 154 valence electrons. The van der Waals surface area contributed by atoms with Gasteiger partial charge in [0.15, 0.2) is 0 Å². The van der Waals surface area contributed by atoms with Gasteiger partial charge in [0, 0.05) is 0 Å². The van der Waals surface area contributed by atoms with E-state index in [0.29, 0.717) is 29.4 Å². The van der Waals surface area contributed by atoms with Crippen molar-refractivity contribution in [2.24, 2.45) is 0 Å². The maximum Gasteiger partial charge on any atom is 0.494 e. The Kier molecular flexibility index (Phi) is 4.47.